The van der Waals surface area contributed by atoms with Crippen molar-refractivity contribution in [3.05, 3.63) is 54.0 Å². The maximum Gasteiger partial charge on any atom is 0.255 e. The molecule has 1 unspecified atom stereocenters. The van der Waals surface area contributed by atoms with Gasteiger partial charge in [0.15, 0.2) is 0 Å². The van der Waals surface area contributed by atoms with Gasteiger partial charge in [0.1, 0.15) is 0 Å². The number of pyridine rings is 2. The van der Waals surface area contributed by atoms with Crippen LogP contribution in [0.2, 0.25) is 0 Å². The number of methoxy groups -OCH3 is 1. The summed E-state index contributed by atoms with van der Waals surface area (Å²) in [5, 5.41) is 0. The summed E-state index contributed by atoms with van der Waals surface area (Å²) >= 11 is 0. The van der Waals surface area contributed by atoms with E-state index in [0.717, 1.165) is 37.7 Å². The predicted molar refractivity (Wildman–Crippen MR) is 112 cm³/mol. The monoisotopic (exact) mass is 408 g/mol. The van der Waals surface area contributed by atoms with Gasteiger partial charge in [-0.05, 0) is 43.4 Å². The topological polar surface area (TPSA) is 75.6 Å². The quantitative estimate of drug-likeness (QED) is 0.735. The van der Waals surface area contributed by atoms with Crippen LogP contribution >= 0.6 is 0 Å². The molecular weight excluding hydrogens is 380 g/mol. The minimum atomic E-state index is -0.0488. The Morgan fingerprint density at radius 2 is 2.03 bits per heavy atom. The van der Waals surface area contributed by atoms with E-state index >= 15 is 0 Å². The molecule has 1 atom stereocenters. The van der Waals surface area contributed by atoms with Gasteiger partial charge in [-0.2, -0.15) is 0 Å². The summed E-state index contributed by atoms with van der Waals surface area (Å²) in [6.07, 6.45) is 9.95. The number of hydrogen-bond donors (Lipinski definition) is 0. The molecule has 0 aromatic carbocycles. The molecule has 7 nitrogen and oxygen atoms in total. The SMILES string of the molecule is COc1ccc(C(=O)N2CCCC(N(Cc3cccnc3)C(=O)C3CCC3)C2)cn1. The Hall–Kier alpha value is -2.96. The molecule has 0 bridgehead atoms. The van der Waals surface area contributed by atoms with Crippen LogP contribution in [0.1, 0.15) is 48.0 Å². The molecule has 0 N–H and O–H groups in total. The number of likely N-dealkylation sites (tertiary alicyclic amines) is 1. The second-order valence-corrected chi connectivity index (χ2v) is 8.09. The fraction of sp³-hybridized carbons (Fsp3) is 0.478. The first-order chi connectivity index (χ1) is 14.7. The van der Waals surface area contributed by atoms with Crippen LogP contribution in [0.5, 0.6) is 5.88 Å². The van der Waals surface area contributed by atoms with Gasteiger partial charge in [0.05, 0.1) is 12.7 Å². The molecule has 3 heterocycles. The molecule has 1 saturated heterocycles. The highest BCUT2D eigenvalue weighted by molar-refractivity contribution is 5.94. The van der Waals surface area contributed by atoms with Crippen molar-refractivity contribution >= 4 is 11.8 Å². The van der Waals surface area contributed by atoms with Crippen LogP contribution in [-0.4, -0.2) is 57.8 Å². The second-order valence-electron chi connectivity index (χ2n) is 8.09. The fourth-order valence-electron chi connectivity index (χ4n) is 4.17. The van der Waals surface area contributed by atoms with Crippen molar-refractivity contribution in [2.75, 3.05) is 20.2 Å². The molecule has 158 valence electrons. The van der Waals surface area contributed by atoms with E-state index in [1.165, 1.54) is 0 Å². The van der Waals surface area contributed by atoms with E-state index in [0.29, 0.717) is 31.1 Å². The number of aromatic nitrogens is 2. The Morgan fingerprint density at radius 3 is 2.67 bits per heavy atom. The number of hydrogen-bond acceptors (Lipinski definition) is 5. The van der Waals surface area contributed by atoms with Gasteiger partial charge in [-0.15, -0.1) is 0 Å². The van der Waals surface area contributed by atoms with Gasteiger partial charge in [0.2, 0.25) is 11.8 Å². The molecule has 1 saturated carbocycles. The summed E-state index contributed by atoms with van der Waals surface area (Å²) in [7, 11) is 1.55. The summed E-state index contributed by atoms with van der Waals surface area (Å²) in [5.41, 5.74) is 1.56. The zero-order chi connectivity index (χ0) is 20.9. The van der Waals surface area contributed by atoms with E-state index in [9.17, 15) is 9.59 Å². The van der Waals surface area contributed by atoms with E-state index in [2.05, 4.69) is 9.97 Å². The molecule has 7 heteroatoms. The Labute approximate surface area is 177 Å². The number of amides is 2. The minimum absolute atomic E-state index is 0.0159. The van der Waals surface area contributed by atoms with Crippen molar-refractivity contribution in [2.24, 2.45) is 5.92 Å². The third-order valence-corrected chi connectivity index (χ3v) is 6.13. The Balaban J connectivity index is 1.50. The van der Waals surface area contributed by atoms with Crippen molar-refractivity contribution in [1.29, 1.82) is 0 Å². The first kappa shape index (κ1) is 20.3. The van der Waals surface area contributed by atoms with Crippen LogP contribution in [0, 0.1) is 5.92 Å². The maximum absolute atomic E-state index is 13.2. The maximum atomic E-state index is 13.2. The number of nitrogens with zero attached hydrogens (tertiary/aromatic N) is 4. The Morgan fingerprint density at radius 1 is 1.17 bits per heavy atom. The third-order valence-electron chi connectivity index (χ3n) is 6.13. The summed E-state index contributed by atoms with van der Waals surface area (Å²) in [6, 6.07) is 7.35. The molecule has 1 aliphatic heterocycles. The lowest BCUT2D eigenvalue weighted by Crippen LogP contribution is -2.53. The molecule has 2 amide bonds. The van der Waals surface area contributed by atoms with Crippen molar-refractivity contribution in [1.82, 2.24) is 19.8 Å². The highest BCUT2D eigenvalue weighted by Crippen LogP contribution is 2.31. The average Bonchev–Trinajstić information content (AvgIpc) is 2.76. The smallest absolute Gasteiger partial charge is 0.255 e. The lowest BCUT2D eigenvalue weighted by atomic mass is 9.83. The molecule has 4 rings (SSSR count). The third kappa shape index (κ3) is 4.45. The van der Waals surface area contributed by atoms with Gasteiger partial charge in [-0.25, -0.2) is 4.98 Å². The minimum Gasteiger partial charge on any atom is -0.481 e. The lowest BCUT2D eigenvalue weighted by Gasteiger charge is -2.42. The van der Waals surface area contributed by atoms with Crippen LogP contribution in [0.15, 0.2) is 42.9 Å². The average molecular weight is 409 g/mol. The van der Waals surface area contributed by atoms with Gasteiger partial charge in [-0.3, -0.25) is 14.6 Å². The Kier molecular flexibility index (Phi) is 6.26. The predicted octanol–water partition coefficient (Wildman–Crippen LogP) is 2.92. The van der Waals surface area contributed by atoms with Crippen LogP contribution in [0.25, 0.3) is 0 Å². The zero-order valence-electron chi connectivity index (χ0n) is 17.4. The summed E-state index contributed by atoms with van der Waals surface area (Å²) < 4.78 is 5.08. The highest BCUT2D eigenvalue weighted by atomic mass is 16.5. The van der Waals surface area contributed by atoms with Crippen LogP contribution in [0.4, 0.5) is 0 Å². The number of piperidine rings is 1. The summed E-state index contributed by atoms with van der Waals surface area (Å²) in [6.45, 7) is 1.78. The molecule has 0 radical (unpaired) electrons. The largest absolute Gasteiger partial charge is 0.481 e. The van der Waals surface area contributed by atoms with E-state index in [1.54, 1.807) is 31.6 Å². The van der Waals surface area contributed by atoms with Gasteiger partial charge < -0.3 is 14.5 Å². The van der Waals surface area contributed by atoms with Gasteiger partial charge in [0.25, 0.3) is 5.91 Å². The Bertz CT molecular complexity index is 868. The van der Waals surface area contributed by atoms with Gasteiger partial charge in [-0.1, -0.05) is 12.5 Å². The standard InChI is InChI=1S/C23H28N4O3/c1-30-21-10-9-19(14-25-21)22(28)26-12-4-8-20(16-26)27(23(29)18-6-2-7-18)15-17-5-3-11-24-13-17/h3,5,9-11,13-14,18,20H,2,4,6-8,12,15-16H2,1H3. The van der Waals surface area contributed by atoms with Gasteiger partial charge >= 0.3 is 0 Å². The van der Waals surface area contributed by atoms with Crippen molar-refractivity contribution in [3.8, 4) is 5.88 Å². The van der Waals surface area contributed by atoms with E-state index < -0.39 is 0 Å². The first-order valence-corrected chi connectivity index (χ1v) is 10.6. The number of carbonyl (C=O) groups excluding carboxylic acids is 2. The number of carbonyl (C=O) groups is 2. The van der Waals surface area contributed by atoms with E-state index in [1.807, 2.05) is 28.1 Å². The van der Waals surface area contributed by atoms with Gasteiger partial charge in [0, 0.05) is 56.3 Å². The molecule has 2 fully saturated rings. The normalized spacial score (nSPS) is 19.1. The highest BCUT2D eigenvalue weighted by Gasteiger charge is 2.36. The molecule has 2 aliphatic rings. The molecular formula is C23H28N4O3. The zero-order valence-corrected chi connectivity index (χ0v) is 17.4. The lowest BCUT2D eigenvalue weighted by molar-refractivity contribution is -0.142. The van der Waals surface area contributed by atoms with Crippen LogP contribution in [-0.2, 0) is 11.3 Å². The van der Waals surface area contributed by atoms with Crippen LogP contribution < -0.4 is 4.74 Å². The molecule has 30 heavy (non-hydrogen) atoms. The number of ether oxygens (including phenoxy) is 1. The fourth-order valence-corrected chi connectivity index (χ4v) is 4.17. The molecule has 2 aromatic heterocycles. The first-order valence-electron chi connectivity index (χ1n) is 10.6. The van der Waals surface area contributed by atoms with Crippen molar-refractivity contribution < 1.29 is 14.3 Å². The van der Waals surface area contributed by atoms with Crippen molar-refractivity contribution in [2.45, 2.75) is 44.7 Å². The molecule has 0 spiro atoms. The molecule has 2 aromatic rings. The second kappa shape index (κ2) is 9.24. The van der Waals surface area contributed by atoms with Crippen molar-refractivity contribution in [3.63, 3.8) is 0 Å². The van der Waals surface area contributed by atoms with E-state index in [-0.39, 0.29) is 23.8 Å². The van der Waals surface area contributed by atoms with E-state index in [4.69, 9.17) is 4.74 Å². The summed E-state index contributed by atoms with van der Waals surface area (Å²) in [5.74, 6) is 0.776. The number of rotatable bonds is 6. The van der Waals surface area contributed by atoms with Crippen LogP contribution in [0.3, 0.4) is 0 Å². The molecule has 1 aliphatic carbocycles. The summed E-state index contributed by atoms with van der Waals surface area (Å²) in [4.78, 5) is 38.4.